The number of aromatic amines is 1. The second-order valence-electron chi connectivity index (χ2n) is 3.00. The summed E-state index contributed by atoms with van der Waals surface area (Å²) in [6.07, 6.45) is 3.88. The van der Waals surface area contributed by atoms with E-state index in [1.165, 1.54) is 0 Å². The van der Waals surface area contributed by atoms with Gasteiger partial charge in [-0.2, -0.15) is 5.21 Å². The van der Waals surface area contributed by atoms with Gasteiger partial charge >= 0.3 is 0 Å². The maximum atomic E-state index is 5.36. The molecule has 76 valence electrons. The summed E-state index contributed by atoms with van der Waals surface area (Å²) in [4.78, 5) is 0. The van der Waals surface area contributed by atoms with Gasteiger partial charge in [-0.05, 0) is 10.8 Å². The van der Waals surface area contributed by atoms with E-state index in [2.05, 4.69) is 20.6 Å². The lowest BCUT2D eigenvalue weighted by atomic mass is 10.1. The minimum Gasteiger partial charge on any atom is -0.327 e. The first-order valence-corrected chi connectivity index (χ1v) is 4.60. The highest BCUT2D eigenvalue weighted by Crippen LogP contribution is 2.14. The van der Waals surface area contributed by atoms with E-state index >= 15 is 0 Å². The summed E-state index contributed by atoms with van der Waals surface area (Å²) in [5.41, 5.74) is 7.41. The fourth-order valence-corrected chi connectivity index (χ4v) is 1.23. The topological polar surface area (TPSA) is 80.5 Å². The minimum atomic E-state index is 0.548. The van der Waals surface area contributed by atoms with E-state index in [-0.39, 0.29) is 0 Å². The lowest BCUT2D eigenvalue weighted by Crippen LogP contribution is -1.91. The Kier molecular flexibility index (Phi) is 2.85. The SMILES string of the molecule is NCC=Cc1ccc(-c2nn[nH]n2)cc1. The van der Waals surface area contributed by atoms with Crippen LogP contribution in [0.1, 0.15) is 5.56 Å². The number of H-pyrrole nitrogens is 1. The van der Waals surface area contributed by atoms with E-state index < -0.39 is 0 Å². The van der Waals surface area contributed by atoms with Crippen molar-refractivity contribution in [2.24, 2.45) is 5.73 Å². The monoisotopic (exact) mass is 201 g/mol. The molecule has 15 heavy (non-hydrogen) atoms. The summed E-state index contributed by atoms with van der Waals surface area (Å²) in [6, 6.07) is 7.86. The number of hydrogen-bond acceptors (Lipinski definition) is 4. The normalized spacial score (nSPS) is 11.0. The Hall–Kier alpha value is -2.01. The average Bonchev–Trinajstić information content (AvgIpc) is 2.80. The van der Waals surface area contributed by atoms with Crippen molar-refractivity contribution in [2.75, 3.05) is 6.54 Å². The molecule has 0 aliphatic heterocycles. The molecule has 0 spiro atoms. The Balaban J connectivity index is 2.21. The van der Waals surface area contributed by atoms with Gasteiger partial charge in [-0.25, -0.2) is 0 Å². The lowest BCUT2D eigenvalue weighted by molar-refractivity contribution is 0.881. The van der Waals surface area contributed by atoms with Crippen molar-refractivity contribution >= 4 is 6.08 Å². The van der Waals surface area contributed by atoms with Crippen molar-refractivity contribution in [3.63, 3.8) is 0 Å². The number of tetrazole rings is 1. The van der Waals surface area contributed by atoms with Crippen molar-refractivity contribution in [1.29, 1.82) is 0 Å². The van der Waals surface area contributed by atoms with Gasteiger partial charge in [0.15, 0.2) is 0 Å². The van der Waals surface area contributed by atoms with Gasteiger partial charge in [0.05, 0.1) is 0 Å². The van der Waals surface area contributed by atoms with Crippen LogP contribution < -0.4 is 5.73 Å². The fraction of sp³-hybridized carbons (Fsp3) is 0.100. The van der Waals surface area contributed by atoms with Crippen molar-refractivity contribution in [1.82, 2.24) is 20.6 Å². The number of nitrogens with one attached hydrogen (secondary N) is 1. The lowest BCUT2D eigenvalue weighted by Gasteiger charge is -1.95. The summed E-state index contributed by atoms with van der Waals surface area (Å²) < 4.78 is 0. The standard InChI is InChI=1S/C10H11N5/c11-7-1-2-8-3-5-9(6-4-8)10-12-14-15-13-10/h1-6H,7,11H2,(H,12,13,14,15). The number of rotatable bonds is 3. The first kappa shape index (κ1) is 9.54. The fourth-order valence-electron chi connectivity index (χ4n) is 1.23. The Bertz CT molecular complexity index is 429. The molecule has 2 aromatic rings. The maximum Gasteiger partial charge on any atom is 0.204 e. The van der Waals surface area contributed by atoms with Crippen LogP contribution in [0.15, 0.2) is 30.3 Å². The molecule has 0 atom stereocenters. The van der Waals surface area contributed by atoms with Gasteiger partial charge < -0.3 is 5.73 Å². The largest absolute Gasteiger partial charge is 0.327 e. The third-order valence-corrected chi connectivity index (χ3v) is 1.96. The van der Waals surface area contributed by atoms with Crippen LogP contribution in [0.3, 0.4) is 0 Å². The van der Waals surface area contributed by atoms with E-state index in [0.717, 1.165) is 11.1 Å². The van der Waals surface area contributed by atoms with Crippen molar-refractivity contribution in [2.45, 2.75) is 0 Å². The van der Waals surface area contributed by atoms with Crippen LogP contribution in [0.4, 0.5) is 0 Å². The van der Waals surface area contributed by atoms with Crippen LogP contribution in [0.2, 0.25) is 0 Å². The smallest absolute Gasteiger partial charge is 0.204 e. The summed E-state index contributed by atoms with van der Waals surface area (Å²) >= 11 is 0. The van der Waals surface area contributed by atoms with E-state index in [1.54, 1.807) is 0 Å². The third-order valence-electron chi connectivity index (χ3n) is 1.96. The highest BCUT2D eigenvalue weighted by atomic mass is 15.5. The molecule has 5 nitrogen and oxygen atoms in total. The Morgan fingerprint density at radius 3 is 2.67 bits per heavy atom. The zero-order valence-corrected chi connectivity index (χ0v) is 8.09. The van der Waals surface area contributed by atoms with Crippen LogP contribution in [0, 0.1) is 0 Å². The molecule has 0 aliphatic rings. The molecule has 0 bridgehead atoms. The van der Waals surface area contributed by atoms with E-state index in [1.807, 2.05) is 36.4 Å². The molecule has 0 unspecified atom stereocenters. The third kappa shape index (κ3) is 2.26. The van der Waals surface area contributed by atoms with Crippen molar-refractivity contribution in [3.05, 3.63) is 35.9 Å². The zero-order chi connectivity index (χ0) is 10.5. The molecular weight excluding hydrogens is 190 g/mol. The summed E-state index contributed by atoms with van der Waals surface area (Å²) in [6.45, 7) is 0.548. The molecule has 2 rings (SSSR count). The molecule has 1 aromatic carbocycles. The predicted octanol–water partition coefficient (Wildman–Crippen LogP) is 0.839. The van der Waals surface area contributed by atoms with Crippen molar-refractivity contribution < 1.29 is 0 Å². The summed E-state index contributed by atoms with van der Waals surface area (Å²) in [5, 5.41) is 13.7. The highest BCUT2D eigenvalue weighted by molar-refractivity contribution is 5.59. The number of benzene rings is 1. The molecule has 0 radical (unpaired) electrons. The molecule has 0 amide bonds. The predicted molar refractivity (Wildman–Crippen MR) is 57.7 cm³/mol. The van der Waals surface area contributed by atoms with Crippen molar-refractivity contribution in [3.8, 4) is 11.4 Å². The Morgan fingerprint density at radius 2 is 2.07 bits per heavy atom. The number of nitrogens with two attached hydrogens (primary N) is 1. The molecular formula is C10H11N5. The Morgan fingerprint density at radius 1 is 1.27 bits per heavy atom. The van der Waals surface area contributed by atoms with Gasteiger partial charge in [0.1, 0.15) is 0 Å². The average molecular weight is 201 g/mol. The van der Waals surface area contributed by atoms with Gasteiger partial charge in [-0.3, -0.25) is 0 Å². The van der Waals surface area contributed by atoms with E-state index in [4.69, 9.17) is 5.73 Å². The van der Waals surface area contributed by atoms with Gasteiger partial charge in [-0.1, -0.05) is 36.4 Å². The molecule has 0 saturated heterocycles. The number of aromatic nitrogens is 4. The summed E-state index contributed by atoms with van der Waals surface area (Å²) in [7, 11) is 0. The molecule has 0 fully saturated rings. The minimum absolute atomic E-state index is 0.548. The quantitative estimate of drug-likeness (QED) is 0.771. The van der Waals surface area contributed by atoms with Crippen LogP contribution >= 0.6 is 0 Å². The van der Waals surface area contributed by atoms with Crippen LogP contribution in [0.5, 0.6) is 0 Å². The van der Waals surface area contributed by atoms with E-state index in [9.17, 15) is 0 Å². The number of hydrogen-bond donors (Lipinski definition) is 2. The molecule has 1 heterocycles. The second-order valence-corrected chi connectivity index (χ2v) is 3.00. The van der Waals surface area contributed by atoms with Gasteiger partial charge in [0.2, 0.25) is 5.82 Å². The van der Waals surface area contributed by atoms with Gasteiger partial charge in [0, 0.05) is 12.1 Å². The Labute approximate surface area is 87.0 Å². The maximum absolute atomic E-state index is 5.36. The first-order valence-electron chi connectivity index (χ1n) is 4.60. The van der Waals surface area contributed by atoms with Crippen LogP contribution in [0.25, 0.3) is 17.5 Å². The highest BCUT2D eigenvalue weighted by Gasteiger charge is 2.00. The zero-order valence-electron chi connectivity index (χ0n) is 8.09. The molecule has 5 heteroatoms. The van der Waals surface area contributed by atoms with E-state index in [0.29, 0.717) is 12.4 Å². The molecule has 0 aliphatic carbocycles. The van der Waals surface area contributed by atoms with Crippen LogP contribution in [-0.4, -0.2) is 27.2 Å². The molecule has 3 N–H and O–H groups in total. The molecule has 1 aromatic heterocycles. The second kappa shape index (κ2) is 4.47. The number of nitrogens with zero attached hydrogens (tertiary/aromatic N) is 3. The molecule has 0 saturated carbocycles. The van der Waals surface area contributed by atoms with Gasteiger partial charge in [-0.15, -0.1) is 10.2 Å². The summed E-state index contributed by atoms with van der Waals surface area (Å²) in [5.74, 6) is 0.601. The van der Waals surface area contributed by atoms with Crippen LogP contribution in [-0.2, 0) is 0 Å². The first-order chi connectivity index (χ1) is 7.40. The van der Waals surface area contributed by atoms with Gasteiger partial charge in [0.25, 0.3) is 0 Å².